The second kappa shape index (κ2) is 7.53. The van der Waals surface area contributed by atoms with Crippen molar-refractivity contribution in [2.75, 3.05) is 27.9 Å². The standard InChI is InChI=1S/C19H24N2O4S/c1-5-25-18-14(23-3)9-11(10-15(18)24-4)17-16-12(7-6-8-13(16)22)21(2)19(26)20-17/h9-10,17H,5-8H2,1-4H3,(H,20,26). The Morgan fingerprint density at radius 2 is 1.88 bits per heavy atom. The highest BCUT2D eigenvalue weighted by molar-refractivity contribution is 7.80. The number of carbonyl (C=O) groups excluding carboxylic acids is 1. The van der Waals surface area contributed by atoms with Crippen LogP contribution in [0.3, 0.4) is 0 Å². The van der Waals surface area contributed by atoms with Gasteiger partial charge in [0.2, 0.25) is 5.75 Å². The molecule has 1 aliphatic carbocycles. The van der Waals surface area contributed by atoms with Gasteiger partial charge >= 0.3 is 0 Å². The first-order valence-electron chi connectivity index (χ1n) is 8.71. The summed E-state index contributed by atoms with van der Waals surface area (Å²) >= 11 is 5.48. The summed E-state index contributed by atoms with van der Waals surface area (Å²) in [6, 6.07) is 3.44. The number of nitrogens with zero attached hydrogens (tertiary/aromatic N) is 1. The summed E-state index contributed by atoms with van der Waals surface area (Å²) in [6.07, 6.45) is 2.26. The molecule has 0 radical (unpaired) electrons. The van der Waals surface area contributed by atoms with Crippen LogP contribution in [0.25, 0.3) is 0 Å². The Morgan fingerprint density at radius 1 is 1.23 bits per heavy atom. The van der Waals surface area contributed by atoms with E-state index < -0.39 is 0 Å². The Kier molecular flexibility index (Phi) is 5.36. The van der Waals surface area contributed by atoms with Gasteiger partial charge in [0.05, 0.1) is 26.9 Å². The van der Waals surface area contributed by atoms with Crippen LogP contribution in [0.1, 0.15) is 37.8 Å². The van der Waals surface area contributed by atoms with E-state index >= 15 is 0 Å². The minimum atomic E-state index is -0.319. The normalized spacial score (nSPS) is 19.8. The average Bonchev–Trinajstić information content (AvgIpc) is 2.65. The molecule has 0 saturated heterocycles. The van der Waals surface area contributed by atoms with Gasteiger partial charge < -0.3 is 24.4 Å². The summed E-state index contributed by atoms with van der Waals surface area (Å²) < 4.78 is 16.7. The zero-order valence-electron chi connectivity index (χ0n) is 15.5. The lowest BCUT2D eigenvalue weighted by Crippen LogP contribution is -2.47. The number of rotatable bonds is 5. The number of hydrogen-bond acceptors (Lipinski definition) is 5. The number of ether oxygens (including phenoxy) is 3. The van der Waals surface area contributed by atoms with Crippen molar-refractivity contribution in [3.8, 4) is 17.2 Å². The summed E-state index contributed by atoms with van der Waals surface area (Å²) in [5.74, 6) is 1.85. The molecule has 0 saturated carbocycles. The van der Waals surface area contributed by atoms with Crippen LogP contribution >= 0.6 is 12.2 Å². The Morgan fingerprint density at radius 3 is 2.46 bits per heavy atom. The van der Waals surface area contributed by atoms with Crippen molar-refractivity contribution in [2.24, 2.45) is 0 Å². The largest absolute Gasteiger partial charge is 0.493 e. The van der Waals surface area contributed by atoms with E-state index in [2.05, 4.69) is 5.32 Å². The second-order valence-corrected chi connectivity index (χ2v) is 6.65. The van der Waals surface area contributed by atoms with Crippen LogP contribution in [0.15, 0.2) is 23.4 Å². The molecule has 140 valence electrons. The molecule has 0 aromatic heterocycles. The number of allylic oxidation sites excluding steroid dienone is 1. The molecule has 2 aliphatic rings. The Balaban J connectivity index is 2.14. The molecule has 1 aromatic carbocycles. The fourth-order valence-corrected chi connectivity index (χ4v) is 3.77. The Labute approximate surface area is 159 Å². The van der Waals surface area contributed by atoms with Gasteiger partial charge in [-0.15, -0.1) is 0 Å². The zero-order chi connectivity index (χ0) is 18.8. The van der Waals surface area contributed by atoms with Gasteiger partial charge in [0.25, 0.3) is 0 Å². The SMILES string of the molecule is CCOc1c(OC)cc(C2NC(=S)N(C)C3=C2C(=O)CCC3)cc1OC. The molecular formula is C19H24N2O4S. The lowest BCUT2D eigenvalue weighted by Gasteiger charge is -2.39. The van der Waals surface area contributed by atoms with Crippen LogP contribution in [-0.4, -0.2) is 43.7 Å². The fourth-order valence-electron chi connectivity index (χ4n) is 3.54. The van der Waals surface area contributed by atoms with Crippen LogP contribution in [0.4, 0.5) is 0 Å². The van der Waals surface area contributed by atoms with Gasteiger partial charge in [0, 0.05) is 24.7 Å². The van der Waals surface area contributed by atoms with Gasteiger partial charge in [-0.2, -0.15) is 0 Å². The van der Waals surface area contributed by atoms with Crippen LogP contribution in [0.2, 0.25) is 0 Å². The maximum absolute atomic E-state index is 12.7. The smallest absolute Gasteiger partial charge is 0.203 e. The molecule has 26 heavy (non-hydrogen) atoms. The van der Waals surface area contributed by atoms with Gasteiger partial charge in [-0.05, 0) is 49.7 Å². The molecule has 0 amide bonds. The molecule has 1 aliphatic heterocycles. The summed E-state index contributed by atoms with van der Waals surface area (Å²) in [6.45, 7) is 2.40. The van der Waals surface area contributed by atoms with Crippen LogP contribution in [0.5, 0.6) is 17.2 Å². The first-order chi connectivity index (χ1) is 12.5. The number of benzene rings is 1. The van der Waals surface area contributed by atoms with Crippen molar-refractivity contribution in [3.63, 3.8) is 0 Å². The summed E-state index contributed by atoms with van der Waals surface area (Å²) in [5, 5.41) is 3.90. The molecule has 0 spiro atoms. The minimum Gasteiger partial charge on any atom is -0.493 e. The lowest BCUT2D eigenvalue weighted by molar-refractivity contribution is -0.116. The van der Waals surface area contributed by atoms with E-state index in [4.69, 9.17) is 26.4 Å². The van der Waals surface area contributed by atoms with Crippen molar-refractivity contribution >= 4 is 23.1 Å². The average molecular weight is 376 g/mol. The van der Waals surface area contributed by atoms with Crippen molar-refractivity contribution in [3.05, 3.63) is 29.0 Å². The zero-order valence-corrected chi connectivity index (χ0v) is 16.4. The van der Waals surface area contributed by atoms with E-state index in [1.54, 1.807) is 14.2 Å². The predicted molar refractivity (Wildman–Crippen MR) is 103 cm³/mol. The number of thiocarbonyl (C=S) groups is 1. The molecule has 0 fully saturated rings. The van der Waals surface area contributed by atoms with Crippen molar-refractivity contribution in [1.82, 2.24) is 10.2 Å². The molecule has 6 nitrogen and oxygen atoms in total. The Hall–Kier alpha value is -2.28. The number of Topliss-reactive ketones (excluding diaryl/α,β-unsaturated/α-hetero) is 1. The van der Waals surface area contributed by atoms with E-state index in [9.17, 15) is 4.79 Å². The van der Waals surface area contributed by atoms with E-state index in [0.29, 0.717) is 35.4 Å². The molecule has 7 heteroatoms. The quantitative estimate of drug-likeness (QED) is 0.793. The molecule has 1 unspecified atom stereocenters. The van der Waals surface area contributed by atoms with E-state index in [-0.39, 0.29) is 11.8 Å². The van der Waals surface area contributed by atoms with Crippen molar-refractivity contribution in [1.29, 1.82) is 0 Å². The minimum absolute atomic E-state index is 0.157. The second-order valence-electron chi connectivity index (χ2n) is 6.27. The third kappa shape index (κ3) is 3.11. The molecule has 1 heterocycles. The first kappa shape index (κ1) is 18.5. The number of nitrogens with one attached hydrogen (secondary N) is 1. The molecular weight excluding hydrogens is 352 g/mol. The molecule has 1 aromatic rings. The maximum atomic E-state index is 12.7. The Bertz CT molecular complexity index is 750. The fraction of sp³-hybridized carbons (Fsp3) is 0.474. The number of methoxy groups -OCH3 is 2. The van der Waals surface area contributed by atoms with Crippen molar-refractivity contribution < 1.29 is 19.0 Å². The van der Waals surface area contributed by atoms with Crippen LogP contribution in [0, 0.1) is 0 Å². The number of carbonyl (C=O) groups is 1. The third-order valence-electron chi connectivity index (χ3n) is 4.80. The molecule has 1 atom stereocenters. The number of ketones is 1. The first-order valence-corrected chi connectivity index (χ1v) is 9.11. The van der Waals surface area contributed by atoms with Gasteiger partial charge in [0.15, 0.2) is 22.4 Å². The van der Waals surface area contributed by atoms with Crippen molar-refractivity contribution in [2.45, 2.75) is 32.2 Å². The third-order valence-corrected chi connectivity index (χ3v) is 5.19. The number of hydrogen-bond donors (Lipinski definition) is 1. The molecule has 3 rings (SSSR count). The van der Waals surface area contributed by atoms with Crippen LogP contribution in [-0.2, 0) is 4.79 Å². The predicted octanol–water partition coefficient (Wildman–Crippen LogP) is 2.97. The lowest BCUT2D eigenvalue weighted by atomic mass is 9.85. The molecule has 1 N–H and O–H groups in total. The highest BCUT2D eigenvalue weighted by atomic mass is 32.1. The topological polar surface area (TPSA) is 60.0 Å². The van der Waals surface area contributed by atoms with Gasteiger partial charge in [-0.1, -0.05) is 0 Å². The maximum Gasteiger partial charge on any atom is 0.203 e. The summed E-state index contributed by atoms with van der Waals surface area (Å²) in [5.41, 5.74) is 2.64. The molecule has 0 bridgehead atoms. The van der Waals surface area contributed by atoms with Gasteiger partial charge in [-0.25, -0.2) is 0 Å². The van der Waals surface area contributed by atoms with E-state index in [1.165, 1.54) is 0 Å². The van der Waals surface area contributed by atoms with E-state index in [0.717, 1.165) is 29.7 Å². The summed E-state index contributed by atoms with van der Waals surface area (Å²) in [4.78, 5) is 14.6. The van der Waals surface area contributed by atoms with Gasteiger partial charge in [-0.3, -0.25) is 4.79 Å². The highest BCUT2D eigenvalue weighted by Crippen LogP contribution is 2.43. The van der Waals surface area contributed by atoms with E-state index in [1.807, 2.05) is 31.0 Å². The van der Waals surface area contributed by atoms with Crippen LogP contribution < -0.4 is 19.5 Å². The summed E-state index contributed by atoms with van der Waals surface area (Å²) in [7, 11) is 5.08. The monoisotopic (exact) mass is 376 g/mol. The highest BCUT2D eigenvalue weighted by Gasteiger charge is 2.36. The van der Waals surface area contributed by atoms with Gasteiger partial charge in [0.1, 0.15) is 0 Å².